The average Bonchev–Trinajstić information content (AvgIpc) is 3.53. The molecule has 7 nitrogen and oxygen atoms in total. The van der Waals surface area contributed by atoms with Gasteiger partial charge in [0.05, 0.1) is 37.2 Å². The van der Waals surface area contributed by atoms with Crippen molar-refractivity contribution in [1.29, 1.82) is 0 Å². The molecule has 0 saturated carbocycles. The van der Waals surface area contributed by atoms with E-state index in [-0.39, 0.29) is 12.1 Å². The lowest BCUT2D eigenvalue weighted by molar-refractivity contribution is 0.122. The molecule has 0 radical (unpaired) electrons. The molecule has 4 aromatic rings. The van der Waals surface area contributed by atoms with Gasteiger partial charge in [-0.3, -0.25) is 9.97 Å². The summed E-state index contributed by atoms with van der Waals surface area (Å²) in [6.07, 6.45) is 5.79. The molecule has 0 aliphatic carbocycles. The van der Waals surface area contributed by atoms with Gasteiger partial charge in [0, 0.05) is 48.7 Å². The minimum atomic E-state index is -0.0880. The van der Waals surface area contributed by atoms with Crippen LogP contribution in [0, 0.1) is 0 Å². The van der Waals surface area contributed by atoms with Gasteiger partial charge >= 0.3 is 0 Å². The fraction of sp³-hybridized carbons (Fsp3) is 0.250. The Bertz CT molecular complexity index is 1300. The van der Waals surface area contributed by atoms with E-state index < -0.39 is 0 Å². The second-order valence-electron chi connectivity index (χ2n) is 8.99. The molecular weight excluding hydrogens is 468 g/mol. The molecule has 1 N–H and O–H groups in total. The molecule has 0 spiro atoms. The van der Waals surface area contributed by atoms with Crippen molar-refractivity contribution < 1.29 is 4.74 Å². The number of anilines is 2. The summed E-state index contributed by atoms with van der Waals surface area (Å²) < 4.78 is 7.77. The summed E-state index contributed by atoms with van der Waals surface area (Å²) in [5, 5.41) is 4.26. The van der Waals surface area contributed by atoms with Crippen LogP contribution in [0.5, 0.6) is 0 Å². The number of benzene rings is 1. The third-order valence-corrected chi connectivity index (χ3v) is 7.14. The van der Waals surface area contributed by atoms with E-state index >= 15 is 0 Å². The Morgan fingerprint density at radius 2 is 1.61 bits per heavy atom. The van der Waals surface area contributed by atoms with Gasteiger partial charge in [0.15, 0.2) is 5.11 Å². The summed E-state index contributed by atoms with van der Waals surface area (Å²) in [5.41, 5.74) is 5.39. The number of nitrogens with one attached hydrogen (secondary N) is 1. The van der Waals surface area contributed by atoms with E-state index in [2.05, 4.69) is 84.4 Å². The van der Waals surface area contributed by atoms with Crippen molar-refractivity contribution in [1.82, 2.24) is 19.9 Å². The summed E-state index contributed by atoms with van der Waals surface area (Å²) in [7, 11) is 0. The summed E-state index contributed by atoms with van der Waals surface area (Å²) in [5.74, 6) is 0. The van der Waals surface area contributed by atoms with E-state index in [4.69, 9.17) is 17.0 Å². The predicted molar refractivity (Wildman–Crippen MR) is 145 cm³/mol. The van der Waals surface area contributed by atoms with Crippen molar-refractivity contribution in [2.45, 2.75) is 18.6 Å². The van der Waals surface area contributed by atoms with Crippen molar-refractivity contribution in [3.63, 3.8) is 0 Å². The van der Waals surface area contributed by atoms with Crippen LogP contribution in [0.15, 0.2) is 91.4 Å². The SMILES string of the molecule is S=C1N[C@@H](c2ccccn2)[C@@H](c2cccn2Cc2ccccn2)N1c1ccc(N2CCOCC2)cc1. The van der Waals surface area contributed by atoms with Gasteiger partial charge in [-0.2, -0.15) is 0 Å². The number of hydrogen-bond donors (Lipinski definition) is 1. The zero-order chi connectivity index (χ0) is 24.3. The maximum atomic E-state index is 5.92. The standard InChI is InChI=1S/C28H28N6OS/c36-28-31-26(24-7-2-4-14-30-24)27(25-8-5-15-33(25)20-21-6-1-3-13-29-21)34(28)23-11-9-22(10-12-23)32-16-18-35-19-17-32/h1-15,26-27H,16-20H2,(H,31,36)/t26-,27+/m0/s1. The summed E-state index contributed by atoms with van der Waals surface area (Å²) >= 11 is 5.92. The molecule has 3 aromatic heterocycles. The second-order valence-corrected chi connectivity index (χ2v) is 9.38. The van der Waals surface area contributed by atoms with Crippen LogP contribution >= 0.6 is 12.2 Å². The van der Waals surface area contributed by atoms with Crippen molar-refractivity contribution in [2.24, 2.45) is 0 Å². The largest absolute Gasteiger partial charge is 0.378 e. The molecule has 0 unspecified atom stereocenters. The molecule has 0 bridgehead atoms. The highest BCUT2D eigenvalue weighted by Crippen LogP contribution is 2.42. The smallest absolute Gasteiger partial charge is 0.174 e. The fourth-order valence-electron chi connectivity index (χ4n) is 5.08. The fourth-order valence-corrected chi connectivity index (χ4v) is 5.43. The number of rotatable bonds is 6. The highest BCUT2D eigenvalue weighted by atomic mass is 32.1. The number of morpholine rings is 1. The summed E-state index contributed by atoms with van der Waals surface area (Å²) in [6, 6.07) is 24.9. The minimum absolute atomic E-state index is 0.0691. The number of ether oxygens (including phenoxy) is 1. The maximum Gasteiger partial charge on any atom is 0.174 e. The van der Waals surface area contributed by atoms with Gasteiger partial charge in [0.25, 0.3) is 0 Å². The molecule has 5 heterocycles. The van der Waals surface area contributed by atoms with Crippen LogP contribution < -0.4 is 15.1 Å². The van der Waals surface area contributed by atoms with Crippen LogP contribution in [-0.2, 0) is 11.3 Å². The topological polar surface area (TPSA) is 58.5 Å². The maximum absolute atomic E-state index is 5.92. The Morgan fingerprint density at radius 3 is 2.33 bits per heavy atom. The Kier molecular flexibility index (Phi) is 6.36. The molecule has 8 heteroatoms. The predicted octanol–water partition coefficient (Wildman–Crippen LogP) is 4.34. The monoisotopic (exact) mass is 496 g/mol. The molecule has 2 fully saturated rings. The Labute approximate surface area is 216 Å². The molecule has 1 aromatic carbocycles. The van der Waals surface area contributed by atoms with Gasteiger partial charge in [0.1, 0.15) is 6.04 Å². The first-order valence-electron chi connectivity index (χ1n) is 12.3. The quantitative estimate of drug-likeness (QED) is 0.399. The minimum Gasteiger partial charge on any atom is -0.378 e. The molecule has 182 valence electrons. The van der Waals surface area contributed by atoms with Crippen molar-refractivity contribution >= 4 is 28.7 Å². The molecule has 2 atom stereocenters. The van der Waals surface area contributed by atoms with Crippen LogP contribution in [0.25, 0.3) is 0 Å². The van der Waals surface area contributed by atoms with Crippen LogP contribution in [-0.4, -0.2) is 46.0 Å². The van der Waals surface area contributed by atoms with Crippen LogP contribution in [0.1, 0.15) is 29.2 Å². The second kappa shape index (κ2) is 10.1. The van der Waals surface area contributed by atoms with Gasteiger partial charge in [-0.05, 0) is 72.9 Å². The average molecular weight is 497 g/mol. The van der Waals surface area contributed by atoms with Crippen LogP contribution in [0.3, 0.4) is 0 Å². The number of thiocarbonyl (C=S) groups is 1. The third-order valence-electron chi connectivity index (χ3n) is 6.83. The molecule has 6 rings (SSSR count). The van der Waals surface area contributed by atoms with Gasteiger partial charge < -0.3 is 24.4 Å². The third kappa shape index (κ3) is 4.45. The normalized spacial score (nSPS) is 19.9. The highest BCUT2D eigenvalue weighted by molar-refractivity contribution is 7.80. The number of pyridine rings is 2. The lowest BCUT2D eigenvalue weighted by Crippen LogP contribution is -2.36. The molecule has 36 heavy (non-hydrogen) atoms. The number of aromatic nitrogens is 3. The van der Waals surface area contributed by atoms with Crippen molar-refractivity contribution in [2.75, 3.05) is 36.1 Å². The van der Waals surface area contributed by atoms with E-state index in [1.54, 1.807) is 0 Å². The highest BCUT2D eigenvalue weighted by Gasteiger charge is 2.42. The first-order valence-corrected chi connectivity index (χ1v) is 12.7. The van der Waals surface area contributed by atoms with Gasteiger partial charge in [0.2, 0.25) is 0 Å². The lowest BCUT2D eigenvalue weighted by Gasteiger charge is -2.31. The Morgan fingerprint density at radius 1 is 0.861 bits per heavy atom. The molecular formula is C28H28N6OS. The van der Waals surface area contributed by atoms with Gasteiger partial charge in [-0.25, -0.2) is 0 Å². The van der Waals surface area contributed by atoms with Crippen molar-refractivity contribution in [3.8, 4) is 0 Å². The van der Waals surface area contributed by atoms with Gasteiger partial charge in [-0.1, -0.05) is 12.1 Å². The first kappa shape index (κ1) is 22.7. The molecule has 2 aliphatic rings. The Balaban J connectivity index is 1.37. The lowest BCUT2D eigenvalue weighted by atomic mass is 10.0. The van der Waals surface area contributed by atoms with E-state index in [1.807, 2.05) is 36.7 Å². The number of hydrogen-bond acceptors (Lipinski definition) is 5. The van der Waals surface area contributed by atoms with Crippen LogP contribution in [0.2, 0.25) is 0 Å². The van der Waals surface area contributed by atoms with Crippen molar-refractivity contribution in [3.05, 3.63) is 108 Å². The molecule has 0 amide bonds. The Hall–Kier alpha value is -3.75. The molecule has 2 saturated heterocycles. The van der Waals surface area contributed by atoms with E-state index in [1.165, 1.54) is 5.69 Å². The summed E-state index contributed by atoms with van der Waals surface area (Å²) in [4.78, 5) is 13.8. The first-order chi connectivity index (χ1) is 17.8. The van der Waals surface area contributed by atoms with E-state index in [0.29, 0.717) is 11.7 Å². The van der Waals surface area contributed by atoms with E-state index in [0.717, 1.165) is 49.1 Å². The number of nitrogens with zero attached hydrogens (tertiary/aromatic N) is 5. The zero-order valence-electron chi connectivity index (χ0n) is 19.9. The zero-order valence-corrected chi connectivity index (χ0v) is 20.7. The molecule has 2 aliphatic heterocycles. The van der Waals surface area contributed by atoms with Crippen LogP contribution in [0.4, 0.5) is 11.4 Å². The van der Waals surface area contributed by atoms with E-state index in [9.17, 15) is 0 Å². The summed E-state index contributed by atoms with van der Waals surface area (Å²) in [6.45, 7) is 4.04. The van der Waals surface area contributed by atoms with Gasteiger partial charge in [-0.15, -0.1) is 0 Å².